The third-order valence-corrected chi connectivity index (χ3v) is 6.04. The lowest BCUT2D eigenvalue weighted by molar-refractivity contribution is 0.181. The van der Waals surface area contributed by atoms with E-state index in [1.165, 1.54) is 10.9 Å². The quantitative estimate of drug-likeness (QED) is 0.539. The summed E-state index contributed by atoms with van der Waals surface area (Å²) in [4.78, 5) is 26.9. The second kappa shape index (κ2) is 8.14. The number of hydrogen-bond acceptors (Lipinski definition) is 3. The monoisotopic (exact) mass is 399 g/mol. The Morgan fingerprint density at radius 3 is 2.90 bits per heavy atom. The maximum Gasteiger partial charge on any atom is 0.317 e. The Labute approximate surface area is 175 Å². The highest BCUT2D eigenvalue weighted by Gasteiger charge is 2.24. The number of nitrogens with one attached hydrogen (secondary N) is 2. The van der Waals surface area contributed by atoms with Crippen LogP contribution in [0, 0.1) is 0 Å². The summed E-state index contributed by atoms with van der Waals surface area (Å²) in [5, 5.41) is 5.38. The number of amides is 2. The first-order valence-corrected chi connectivity index (χ1v) is 10.6. The number of H-pyrrole nitrogens is 1. The number of pyridine rings is 2. The molecule has 3 aromatic heterocycles. The largest absolute Gasteiger partial charge is 0.361 e. The number of carbonyl (C=O) groups is 1. The van der Waals surface area contributed by atoms with E-state index in [0.29, 0.717) is 12.5 Å². The predicted octanol–water partition coefficient (Wildman–Crippen LogP) is 4.24. The fraction of sp³-hybridized carbons (Fsp3) is 0.292. The van der Waals surface area contributed by atoms with Gasteiger partial charge in [-0.15, -0.1) is 0 Å². The van der Waals surface area contributed by atoms with E-state index in [4.69, 9.17) is 4.98 Å². The maximum atomic E-state index is 12.6. The first-order chi connectivity index (χ1) is 14.8. The van der Waals surface area contributed by atoms with Crippen molar-refractivity contribution in [1.82, 2.24) is 25.2 Å². The second-order valence-electron chi connectivity index (χ2n) is 7.89. The Morgan fingerprint density at radius 2 is 2.00 bits per heavy atom. The summed E-state index contributed by atoms with van der Waals surface area (Å²) >= 11 is 0. The van der Waals surface area contributed by atoms with Gasteiger partial charge in [-0.2, -0.15) is 0 Å². The Balaban J connectivity index is 1.14. The van der Waals surface area contributed by atoms with E-state index in [1.54, 1.807) is 6.20 Å². The molecular weight excluding hydrogens is 374 g/mol. The molecule has 0 atom stereocenters. The van der Waals surface area contributed by atoms with Gasteiger partial charge < -0.3 is 15.2 Å². The summed E-state index contributed by atoms with van der Waals surface area (Å²) in [6, 6.07) is 16.5. The Morgan fingerprint density at radius 1 is 1.10 bits per heavy atom. The number of benzene rings is 1. The molecule has 0 radical (unpaired) electrons. The number of rotatable bonds is 4. The van der Waals surface area contributed by atoms with Crippen LogP contribution in [0.3, 0.4) is 0 Å². The van der Waals surface area contributed by atoms with Crippen molar-refractivity contribution >= 4 is 28.0 Å². The van der Waals surface area contributed by atoms with Crippen LogP contribution in [0.1, 0.15) is 30.0 Å². The second-order valence-corrected chi connectivity index (χ2v) is 7.89. The third kappa shape index (κ3) is 3.73. The summed E-state index contributed by atoms with van der Waals surface area (Å²) in [6.07, 6.45) is 6.42. The summed E-state index contributed by atoms with van der Waals surface area (Å²) in [7, 11) is 0. The van der Waals surface area contributed by atoms with Gasteiger partial charge in [0, 0.05) is 59.9 Å². The Bertz CT molecular complexity index is 1180. The minimum atomic E-state index is 0.0304. The molecule has 0 aliphatic carbocycles. The van der Waals surface area contributed by atoms with E-state index < -0.39 is 0 Å². The van der Waals surface area contributed by atoms with Crippen molar-refractivity contribution in [3.05, 3.63) is 72.2 Å². The zero-order valence-electron chi connectivity index (χ0n) is 16.8. The topological polar surface area (TPSA) is 73.9 Å². The van der Waals surface area contributed by atoms with Crippen LogP contribution < -0.4 is 5.32 Å². The van der Waals surface area contributed by atoms with Gasteiger partial charge in [0.1, 0.15) is 0 Å². The van der Waals surface area contributed by atoms with Crippen molar-refractivity contribution in [2.24, 2.45) is 0 Å². The van der Waals surface area contributed by atoms with Crippen molar-refractivity contribution in [2.75, 3.05) is 19.6 Å². The van der Waals surface area contributed by atoms with Gasteiger partial charge in [0.2, 0.25) is 0 Å². The molecule has 0 unspecified atom stereocenters. The number of piperidine rings is 1. The fourth-order valence-corrected chi connectivity index (χ4v) is 4.36. The lowest BCUT2D eigenvalue weighted by Crippen LogP contribution is -2.44. The number of urea groups is 1. The molecule has 0 saturated carbocycles. The minimum absolute atomic E-state index is 0.0304. The first kappa shape index (κ1) is 18.6. The zero-order valence-corrected chi connectivity index (χ0v) is 16.8. The summed E-state index contributed by atoms with van der Waals surface area (Å²) < 4.78 is 0. The zero-order chi connectivity index (χ0) is 20.3. The lowest BCUT2D eigenvalue weighted by Gasteiger charge is -2.31. The number of aromatic amines is 1. The molecular formula is C24H25N5O. The van der Waals surface area contributed by atoms with E-state index in [2.05, 4.69) is 51.7 Å². The highest BCUT2D eigenvalue weighted by molar-refractivity contribution is 5.83. The van der Waals surface area contributed by atoms with Crippen LogP contribution in [-0.4, -0.2) is 45.5 Å². The molecule has 4 heterocycles. The van der Waals surface area contributed by atoms with Gasteiger partial charge in [0.05, 0.1) is 0 Å². The number of hydrogen-bond donors (Lipinski definition) is 2. The molecule has 5 rings (SSSR count). The van der Waals surface area contributed by atoms with Crippen molar-refractivity contribution in [3.63, 3.8) is 0 Å². The molecule has 4 aromatic rings. The molecule has 2 N–H and O–H groups in total. The average molecular weight is 399 g/mol. The molecule has 1 aliphatic heterocycles. The number of aromatic nitrogens is 3. The molecule has 0 spiro atoms. The van der Waals surface area contributed by atoms with E-state index in [1.807, 2.05) is 23.2 Å². The molecule has 1 saturated heterocycles. The van der Waals surface area contributed by atoms with Crippen molar-refractivity contribution in [3.8, 4) is 0 Å². The number of fused-ring (bicyclic) bond motifs is 2. The molecule has 1 aromatic carbocycles. The molecule has 1 aliphatic rings. The van der Waals surface area contributed by atoms with Crippen molar-refractivity contribution in [1.29, 1.82) is 0 Å². The van der Waals surface area contributed by atoms with Gasteiger partial charge in [-0.3, -0.25) is 0 Å². The van der Waals surface area contributed by atoms with Crippen LogP contribution in [-0.2, 0) is 6.42 Å². The minimum Gasteiger partial charge on any atom is -0.361 e. The van der Waals surface area contributed by atoms with Crippen LogP contribution in [0.5, 0.6) is 0 Å². The molecule has 0 bridgehead atoms. The molecule has 6 nitrogen and oxygen atoms in total. The van der Waals surface area contributed by atoms with E-state index in [-0.39, 0.29) is 6.03 Å². The normalized spacial score (nSPS) is 15.0. The number of nitrogens with zero attached hydrogens (tertiary/aromatic N) is 3. The predicted molar refractivity (Wildman–Crippen MR) is 118 cm³/mol. The molecule has 152 valence electrons. The van der Waals surface area contributed by atoms with Gasteiger partial charge in [-0.1, -0.05) is 12.1 Å². The smallest absolute Gasteiger partial charge is 0.317 e. The molecule has 6 heteroatoms. The van der Waals surface area contributed by atoms with Gasteiger partial charge >= 0.3 is 6.03 Å². The van der Waals surface area contributed by atoms with Crippen LogP contribution in [0.25, 0.3) is 21.9 Å². The fourth-order valence-electron chi connectivity index (χ4n) is 4.36. The van der Waals surface area contributed by atoms with Gasteiger partial charge in [-0.25, -0.2) is 14.8 Å². The highest BCUT2D eigenvalue weighted by atomic mass is 16.2. The summed E-state index contributed by atoms with van der Waals surface area (Å²) in [5.74, 6) is 0.381. The van der Waals surface area contributed by atoms with Crippen LogP contribution in [0.4, 0.5) is 4.79 Å². The van der Waals surface area contributed by atoms with Crippen molar-refractivity contribution in [2.45, 2.75) is 25.2 Å². The summed E-state index contributed by atoms with van der Waals surface area (Å²) in [5.41, 5.74) is 4.27. The lowest BCUT2D eigenvalue weighted by atomic mass is 9.93. The number of carbonyl (C=O) groups excluding carboxylic acids is 1. The average Bonchev–Trinajstić information content (AvgIpc) is 3.29. The molecule has 30 heavy (non-hydrogen) atoms. The molecule has 1 fully saturated rings. The van der Waals surface area contributed by atoms with Crippen molar-refractivity contribution < 1.29 is 4.79 Å². The van der Waals surface area contributed by atoms with E-state index in [9.17, 15) is 4.79 Å². The van der Waals surface area contributed by atoms with Crippen LogP contribution in [0.2, 0.25) is 0 Å². The highest BCUT2D eigenvalue weighted by Crippen LogP contribution is 2.27. The van der Waals surface area contributed by atoms with Crippen LogP contribution >= 0.6 is 0 Å². The third-order valence-electron chi connectivity index (χ3n) is 6.04. The standard InChI is InChI=1S/C24H25N5O/c30-24(27-13-8-17-3-1-5-22-20(17)9-14-25-22)29-15-10-18(11-16-29)21-7-6-19-4-2-12-26-23(19)28-21/h1-7,9,12,14,18,25H,8,10-11,13,15-16H2,(H,27,30). The van der Waals surface area contributed by atoms with Crippen LogP contribution in [0.15, 0.2) is 60.9 Å². The van der Waals surface area contributed by atoms with Gasteiger partial charge in [0.15, 0.2) is 5.65 Å². The SMILES string of the molecule is O=C(NCCc1cccc2[nH]ccc12)N1CCC(c2ccc3cccnc3n2)CC1. The Kier molecular flexibility index (Phi) is 5.05. The van der Waals surface area contributed by atoms with Gasteiger partial charge in [-0.05, 0) is 61.2 Å². The first-order valence-electron chi connectivity index (χ1n) is 10.6. The number of likely N-dealkylation sites (tertiary alicyclic amines) is 1. The molecule has 2 amide bonds. The van der Waals surface area contributed by atoms with E-state index in [0.717, 1.165) is 54.6 Å². The Hall–Kier alpha value is -3.41. The van der Waals surface area contributed by atoms with E-state index >= 15 is 0 Å². The van der Waals surface area contributed by atoms with Gasteiger partial charge in [0.25, 0.3) is 0 Å². The maximum absolute atomic E-state index is 12.6. The summed E-state index contributed by atoms with van der Waals surface area (Å²) in [6.45, 7) is 2.15.